The highest BCUT2D eigenvalue weighted by Gasteiger charge is 2.24. The molecule has 1 N–H and O–H groups in total. The number of carbonyl (C=O) groups is 1. The van der Waals surface area contributed by atoms with Gasteiger partial charge in [0.2, 0.25) is 5.91 Å². The number of aromatic nitrogens is 1. The van der Waals surface area contributed by atoms with Gasteiger partial charge in [0.05, 0.1) is 16.8 Å². The Kier molecular flexibility index (Phi) is 5.27. The van der Waals surface area contributed by atoms with Gasteiger partial charge in [-0.15, -0.1) is 11.3 Å². The Hall–Kier alpha value is -2.18. The van der Waals surface area contributed by atoms with Crippen molar-refractivity contribution in [3.63, 3.8) is 0 Å². The van der Waals surface area contributed by atoms with Crippen LogP contribution in [0, 0.1) is 5.92 Å². The van der Waals surface area contributed by atoms with Gasteiger partial charge in [0, 0.05) is 25.0 Å². The van der Waals surface area contributed by atoms with Crippen LogP contribution in [0.1, 0.15) is 32.4 Å². The Morgan fingerprint density at radius 1 is 1.26 bits per heavy atom. The summed E-state index contributed by atoms with van der Waals surface area (Å²) in [4.78, 5) is 18.7. The number of para-hydroxylation sites is 1. The molecule has 0 spiro atoms. The molecule has 1 amide bonds. The summed E-state index contributed by atoms with van der Waals surface area (Å²) in [6, 6.07) is 12.6. The molecule has 3 heterocycles. The Morgan fingerprint density at radius 3 is 2.78 bits per heavy atom. The highest BCUT2D eigenvalue weighted by atomic mass is 32.1. The fourth-order valence-corrected chi connectivity index (χ4v) is 4.41. The molecule has 1 saturated heterocycles. The highest BCUT2D eigenvalue weighted by molar-refractivity contribution is 7.21. The van der Waals surface area contributed by atoms with Gasteiger partial charge in [0.15, 0.2) is 10.8 Å². The van der Waals surface area contributed by atoms with Gasteiger partial charge in [0.1, 0.15) is 5.76 Å². The number of hydrogen-bond acceptors (Lipinski definition) is 5. The molecule has 0 atom stereocenters. The molecular weight excluding hydrogens is 358 g/mol. The fourth-order valence-electron chi connectivity index (χ4n) is 3.48. The van der Waals surface area contributed by atoms with Crippen molar-refractivity contribution in [3.05, 3.63) is 42.2 Å². The molecule has 5 nitrogen and oxygen atoms in total. The Morgan fingerprint density at radius 2 is 2.04 bits per heavy atom. The number of furan rings is 1. The van der Waals surface area contributed by atoms with Crippen LogP contribution >= 0.6 is 11.3 Å². The Balaban J connectivity index is 1.32. The lowest BCUT2D eigenvalue weighted by atomic mass is 10.0. The summed E-state index contributed by atoms with van der Waals surface area (Å²) in [6.45, 7) is 6.31. The number of rotatable bonds is 5. The molecule has 0 saturated carbocycles. The van der Waals surface area contributed by atoms with Crippen molar-refractivity contribution in [2.45, 2.75) is 39.3 Å². The van der Waals surface area contributed by atoms with Crippen LogP contribution in [-0.4, -0.2) is 34.9 Å². The minimum atomic E-state index is 0.0820. The zero-order valence-corrected chi connectivity index (χ0v) is 16.6. The van der Waals surface area contributed by atoms with E-state index in [2.05, 4.69) is 16.4 Å². The third kappa shape index (κ3) is 4.06. The quantitative estimate of drug-likeness (QED) is 0.714. The maximum Gasteiger partial charge on any atom is 0.225 e. The number of hydrogen-bond donors (Lipinski definition) is 1. The number of amides is 1. The van der Waals surface area contributed by atoms with E-state index in [4.69, 9.17) is 4.42 Å². The van der Waals surface area contributed by atoms with Crippen molar-refractivity contribution in [2.75, 3.05) is 13.1 Å². The molecule has 0 unspecified atom stereocenters. The van der Waals surface area contributed by atoms with E-state index < -0.39 is 0 Å². The van der Waals surface area contributed by atoms with Gasteiger partial charge in [-0.2, -0.15) is 0 Å². The SMILES string of the molecule is CC(C)C(=O)N1CCC(NCc2ccc(-c3nc4ccccc4s3)o2)CC1. The molecule has 1 aliphatic heterocycles. The highest BCUT2D eigenvalue weighted by Crippen LogP contribution is 2.31. The van der Waals surface area contributed by atoms with E-state index >= 15 is 0 Å². The topological polar surface area (TPSA) is 58.4 Å². The van der Waals surface area contributed by atoms with E-state index in [0.717, 1.165) is 48.0 Å². The first-order valence-corrected chi connectivity index (χ1v) is 10.4. The third-order valence-electron chi connectivity index (χ3n) is 5.03. The van der Waals surface area contributed by atoms with Gasteiger partial charge in [0.25, 0.3) is 0 Å². The standard InChI is InChI=1S/C21H25N3O2S/c1-14(2)21(25)24-11-9-15(10-12-24)22-13-16-7-8-18(26-16)20-23-17-5-3-4-6-19(17)27-20/h3-8,14-15,22H,9-13H2,1-2H3. The van der Waals surface area contributed by atoms with E-state index in [1.165, 1.54) is 4.70 Å². The maximum absolute atomic E-state index is 12.1. The van der Waals surface area contributed by atoms with Gasteiger partial charge < -0.3 is 14.6 Å². The first kappa shape index (κ1) is 18.2. The smallest absolute Gasteiger partial charge is 0.225 e. The van der Waals surface area contributed by atoms with Crippen molar-refractivity contribution < 1.29 is 9.21 Å². The molecule has 4 rings (SSSR count). The molecule has 0 aliphatic carbocycles. The molecule has 3 aromatic rings. The lowest BCUT2D eigenvalue weighted by Crippen LogP contribution is -2.45. The Bertz CT molecular complexity index is 889. The van der Waals surface area contributed by atoms with Crippen LogP contribution in [0.25, 0.3) is 21.0 Å². The maximum atomic E-state index is 12.1. The average molecular weight is 384 g/mol. The number of carbonyl (C=O) groups excluding carboxylic acids is 1. The second-order valence-electron chi connectivity index (χ2n) is 7.39. The van der Waals surface area contributed by atoms with Crippen LogP contribution in [0.3, 0.4) is 0 Å². The number of piperidine rings is 1. The van der Waals surface area contributed by atoms with Crippen LogP contribution in [0.15, 0.2) is 40.8 Å². The minimum absolute atomic E-state index is 0.0820. The zero-order valence-electron chi connectivity index (χ0n) is 15.8. The summed E-state index contributed by atoms with van der Waals surface area (Å²) in [5.41, 5.74) is 1.01. The molecule has 142 valence electrons. The first-order valence-electron chi connectivity index (χ1n) is 9.57. The van der Waals surface area contributed by atoms with E-state index in [0.29, 0.717) is 12.6 Å². The first-order chi connectivity index (χ1) is 13.1. The molecule has 0 bridgehead atoms. The van der Waals surface area contributed by atoms with Crippen LogP contribution in [0.5, 0.6) is 0 Å². The van der Waals surface area contributed by atoms with E-state index in [-0.39, 0.29) is 11.8 Å². The predicted molar refractivity (Wildman–Crippen MR) is 109 cm³/mol. The van der Waals surface area contributed by atoms with Gasteiger partial charge in [-0.25, -0.2) is 4.98 Å². The molecule has 1 fully saturated rings. The van der Waals surface area contributed by atoms with E-state index in [1.54, 1.807) is 11.3 Å². The second kappa shape index (κ2) is 7.82. The Labute approximate surface area is 163 Å². The molecule has 27 heavy (non-hydrogen) atoms. The number of nitrogens with one attached hydrogen (secondary N) is 1. The summed E-state index contributed by atoms with van der Waals surface area (Å²) < 4.78 is 7.17. The van der Waals surface area contributed by atoms with Crippen LogP contribution in [-0.2, 0) is 11.3 Å². The lowest BCUT2D eigenvalue weighted by Gasteiger charge is -2.33. The molecule has 0 radical (unpaired) electrons. The van der Waals surface area contributed by atoms with Gasteiger partial charge >= 0.3 is 0 Å². The average Bonchev–Trinajstić information content (AvgIpc) is 3.32. The summed E-state index contributed by atoms with van der Waals surface area (Å²) in [6.07, 6.45) is 1.98. The van der Waals surface area contributed by atoms with Crippen molar-refractivity contribution in [1.29, 1.82) is 0 Å². The zero-order chi connectivity index (χ0) is 18.8. The van der Waals surface area contributed by atoms with Crippen molar-refractivity contribution in [3.8, 4) is 10.8 Å². The monoisotopic (exact) mass is 383 g/mol. The van der Waals surface area contributed by atoms with Crippen LogP contribution in [0.4, 0.5) is 0 Å². The van der Waals surface area contributed by atoms with Crippen LogP contribution < -0.4 is 5.32 Å². The van der Waals surface area contributed by atoms with Crippen molar-refractivity contribution >= 4 is 27.5 Å². The van der Waals surface area contributed by atoms with Gasteiger partial charge in [-0.3, -0.25) is 4.79 Å². The third-order valence-corrected chi connectivity index (χ3v) is 6.08. The number of thiazole rings is 1. The largest absolute Gasteiger partial charge is 0.457 e. The normalized spacial score (nSPS) is 15.7. The summed E-state index contributed by atoms with van der Waals surface area (Å²) >= 11 is 1.65. The van der Waals surface area contributed by atoms with Crippen molar-refractivity contribution in [1.82, 2.24) is 15.2 Å². The fraction of sp³-hybridized carbons (Fsp3) is 0.429. The van der Waals surface area contributed by atoms with Gasteiger partial charge in [-0.05, 0) is 37.1 Å². The number of fused-ring (bicyclic) bond motifs is 1. The summed E-state index contributed by atoms with van der Waals surface area (Å²) in [7, 11) is 0. The molecular formula is C21H25N3O2S. The lowest BCUT2D eigenvalue weighted by molar-refractivity contribution is -0.135. The molecule has 1 aliphatic rings. The molecule has 2 aromatic heterocycles. The van der Waals surface area contributed by atoms with E-state index in [9.17, 15) is 4.79 Å². The van der Waals surface area contributed by atoms with E-state index in [1.807, 2.05) is 49.1 Å². The summed E-state index contributed by atoms with van der Waals surface area (Å²) in [5.74, 6) is 2.09. The molecule has 6 heteroatoms. The molecule has 1 aromatic carbocycles. The van der Waals surface area contributed by atoms with Crippen LogP contribution in [0.2, 0.25) is 0 Å². The number of benzene rings is 1. The summed E-state index contributed by atoms with van der Waals surface area (Å²) in [5, 5.41) is 4.49. The van der Waals surface area contributed by atoms with Crippen molar-refractivity contribution in [2.24, 2.45) is 5.92 Å². The number of nitrogens with zero attached hydrogens (tertiary/aromatic N) is 2. The predicted octanol–water partition coefficient (Wildman–Crippen LogP) is 4.29. The number of likely N-dealkylation sites (tertiary alicyclic amines) is 1. The van der Waals surface area contributed by atoms with Gasteiger partial charge in [-0.1, -0.05) is 26.0 Å². The second-order valence-corrected chi connectivity index (χ2v) is 8.42. The minimum Gasteiger partial charge on any atom is -0.457 e.